The van der Waals surface area contributed by atoms with Gasteiger partial charge in [0, 0.05) is 31.2 Å². The Balaban J connectivity index is 1.27. The highest BCUT2D eigenvalue weighted by Gasteiger charge is 2.33. The first-order valence-corrected chi connectivity index (χ1v) is 12.6. The summed E-state index contributed by atoms with van der Waals surface area (Å²) in [6.07, 6.45) is 8.03. The van der Waals surface area contributed by atoms with E-state index in [9.17, 15) is 22.4 Å². The molecule has 11 heteroatoms. The van der Waals surface area contributed by atoms with Gasteiger partial charge in [0.25, 0.3) is 0 Å². The fourth-order valence-corrected chi connectivity index (χ4v) is 5.94. The minimum atomic E-state index is -3.94. The molecule has 178 valence electrons. The maximum atomic E-state index is 14.0. The van der Waals surface area contributed by atoms with Crippen molar-refractivity contribution < 1.29 is 22.4 Å². The first-order valence-electron chi connectivity index (χ1n) is 11.2. The molecule has 2 heterocycles. The fraction of sp³-hybridized carbons (Fsp3) is 0.500. The summed E-state index contributed by atoms with van der Waals surface area (Å²) in [6, 6.07) is 5.52. The number of halogens is 1. The summed E-state index contributed by atoms with van der Waals surface area (Å²) < 4.78 is 42.1. The lowest BCUT2D eigenvalue weighted by Crippen LogP contribution is -2.41. The van der Waals surface area contributed by atoms with Gasteiger partial charge in [0.1, 0.15) is 17.3 Å². The van der Waals surface area contributed by atoms with E-state index in [0.29, 0.717) is 18.5 Å². The number of carbonyl (C=O) groups excluding carboxylic acids is 2. The van der Waals surface area contributed by atoms with Gasteiger partial charge >= 0.3 is 0 Å². The van der Waals surface area contributed by atoms with Crippen LogP contribution in [0.1, 0.15) is 38.5 Å². The largest absolute Gasteiger partial charge is 0.352 e. The Morgan fingerprint density at radius 1 is 1.09 bits per heavy atom. The highest BCUT2D eigenvalue weighted by molar-refractivity contribution is 7.89. The summed E-state index contributed by atoms with van der Waals surface area (Å²) in [5, 5.41) is 9.92. The van der Waals surface area contributed by atoms with Gasteiger partial charge in [-0.2, -0.15) is 9.40 Å². The predicted octanol–water partition coefficient (Wildman–Crippen LogP) is 2.12. The second-order valence-corrected chi connectivity index (χ2v) is 10.5. The number of piperidine rings is 1. The van der Waals surface area contributed by atoms with Crippen molar-refractivity contribution in [2.45, 2.75) is 56.0 Å². The summed E-state index contributed by atoms with van der Waals surface area (Å²) in [7, 11) is -3.94. The van der Waals surface area contributed by atoms with Crippen LogP contribution in [0.4, 0.5) is 10.1 Å². The number of rotatable bonds is 7. The Hall–Kier alpha value is -2.79. The van der Waals surface area contributed by atoms with Gasteiger partial charge in [0.05, 0.1) is 11.9 Å². The lowest BCUT2D eigenvalue weighted by Gasteiger charge is -2.30. The third-order valence-corrected chi connectivity index (χ3v) is 8.14. The molecule has 0 radical (unpaired) electrons. The number of nitrogens with zero attached hydrogens (tertiary/aromatic N) is 3. The van der Waals surface area contributed by atoms with Crippen LogP contribution in [0.3, 0.4) is 0 Å². The first-order chi connectivity index (χ1) is 15.8. The summed E-state index contributed by atoms with van der Waals surface area (Å²) in [5.74, 6) is -1.49. The molecular formula is C22H28FN5O4S. The molecule has 2 aliphatic rings. The number of nitrogens with one attached hydrogen (secondary N) is 2. The van der Waals surface area contributed by atoms with E-state index in [-0.39, 0.29) is 48.3 Å². The molecule has 1 aliphatic heterocycles. The third-order valence-electron chi connectivity index (χ3n) is 6.21. The average Bonchev–Trinajstić information content (AvgIpc) is 3.46. The van der Waals surface area contributed by atoms with Crippen LogP contribution in [-0.2, 0) is 26.2 Å². The molecule has 1 saturated carbocycles. The molecule has 0 unspecified atom stereocenters. The van der Waals surface area contributed by atoms with Crippen LogP contribution in [0.5, 0.6) is 0 Å². The Morgan fingerprint density at radius 2 is 1.79 bits per heavy atom. The lowest BCUT2D eigenvalue weighted by molar-refractivity contribution is -0.122. The molecule has 9 nitrogen and oxygen atoms in total. The maximum absolute atomic E-state index is 14.0. The van der Waals surface area contributed by atoms with Crippen molar-refractivity contribution in [2.24, 2.45) is 5.92 Å². The molecule has 0 bridgehead atoms. The van der Waals surface area contributed by atoms with Crippen molar-refractivity contribution in [3.05, 3.63) is 42.5 Å². The smallest absolute Gasteiger partial charge is 0.245 e. The number of anilines is 1. The average molecular weight is 478 g/mol. The lowest BCUT2D eigenvalue weighted by atomic mass is 9.97. The summed E-state index contributed by atoms with van der Waals surface area (Å²) in [6.45, 7) is 0.351. The maximum Gasteiger partial charge on any atom is 0.245 e. The van der Waals surface area contributed by atoms with Gasteiger partial charge in [0.2, 0.25) is 21.8 Å². The normalized spacial score (nSPS) is 18.3. The molecule has 0 spiro atoms. The van der Waals surface area contributed by atoms with Gasteiger partial charge in [-0.05, 0) is 37.8 Å². The molecule has 33 heavy (non-hydrogen) atoms. The van der Waals surface area contributed by atoms with Gasteiger partial charge in [-0.3, -0.25) is 14.3 Å². The zero-order valence-electron chi connectivity index (χ0n) is 18.2. The zero-order chi connectivity index (χ0) is 23.4. The second-order valence-electron chi connectivity index (χ2n) is 8.57. The predicted molar refractivity (Wildman–Crippen MR) is 119 cm³/mol. The molecular weight excluding hydrogens is 449 g/mol. The number of benzene rings is 1. The van der Waals surface area contributed by atoms with Gasteiger partial charge in [-0.15, -0.1) is 0 Å². The van der Waals surface area contributed by atoms with Crippen molar-refractivity contribution in [1.29, 1.82) is 0 Å². The van der Waals surface area contributed by atoms with E-state index in [2.05, 4.69) is 15.7 Å². The van der Waals surface area contributed by atoms with Crippen molar-refractivity contribution in [3.63, 3.8) is 0 Å². The summed E-state index contributed by atoms with van der Waals surface area (Å²) >= 11 is 0. The molecule has 0 atom stereocenters. The standard InChI is InChI=1S/C22H28FN5O4S/c23-19-7-3-4-8-20(19)33(31,32)28-11-9-16(10-12-28)22(30)26-18-13-24-27(14-18)15-21(29)25-17-5-1-2-6-17/h3-4,7-8,13-14,16-17H,1-2,5-6,9-12,15H2,(H,25,29)(H,26,30). The molecule has 2 N–H and O–H groups in total. The number of sulfonamides is 1. The second kappa shape index (κ2) is 10.0. The van der Waals surface area contributed by atoms with E-state index >= 15 is 0 Å². The minimum Gasteiger partial charge on any atom is -0.352 e. The molecule has 1 aliphatic carbocycles. The minimum absolute atomic E-state index is 0.0820. The topological polar surface area (TPSA) is 113 Å². The van der Waals surface area contributed by atoms with Gasteiger partial charge in [-0.25, -0.2) is 12.8 Å². The Labute approximate surface area is 192 Å². The number of aromatic nitrogens is 2. The molecule has 1 aromatic carbocycles. The summed E-state index contributed by atoms with van der Waals surface area (Å²) in [5.41, 5.74) is 0.482. The van der Waals surface area contributed by atoms with Crippen LogP contribution in [-0.4, -0.2) is 53.4 Å². The molecule has 4 rings (SSSR count). The van der Waals surface area contributed by atoms with Gasteiger partial charge < -0.3 is 10.6 Å². The van der Waals surface area contributed by atoms with Crippen LogP contribution in [0, 0.1) is 11.7 Å². The first kappa shape index (κ1) is 23.4. The number of hydrogen-bond acceptors (Lipinski definition) is 5. The van der Waals surface area contributed by atoms with Gasteiger partial charge in [-0.1, -0.05) is 25.0 Å². The summed E-state index contributed by atoms with van der Waals surface area (Å²) in [4.78, 5) is 24.5. The van der Waals surface area contributed by atoms with E-state index < -0.39 is 15.8 Å². The highest BCUT2D eigenvalue weighted by Crippen LogP contribution is 2.26. The molecule has 2 fully saturated rings. The van der Waals surface area contributed by atoms with Gasteiger partial charge in [0.15, 0.2) is 0 Å². The molecule has 2 amide bonds. The van der Waals surface area contributed by atoms with Crippen molar-refractivity contribution >= 4 is 27.5 Å². The van der Waals surface area contributed by atoms with Crippen molar-refractivity contribution in [3.8, 4) is 0 Å². The monoisotopic (exact) mass is 477 g/mol. The highest BCUT2D eigenvalue weighted by atomic mass is 32.2. The Morgan fingerprint density at radius 3 is 2.48 bits per heavy atom. The molecule has 1 saturated heterocycles. The van der Waals surface area contributed by atoms with Crippen LogP contribution in [0.25, 0.3) is 0 Å². The van der Waals surface area contributed by atoms with Crippen LogP contribution in [0.2, 0.25) is 0 Å². The number of hydrogen-bond donors (Lipinski definition) is 2. The quantitative estimate of drug-likeness (QED) is 0.634. The molecule has 1 aromatic heterocycles. The molecule has 2 aromatic rings. The van der Waals surface area contributed by atoms with E-state index in [1.165, 1.54) is 33.4 Å². The van der Waals surface area contributed by atoms with E-state index in [4.69, 9.17) is 0 Å². The number of amides is 2. The zero-order valence-corrected chi connectivity index (χ0v) is 19.1. The van der Waals surface area contributed by atoms with Crippen LogP contribution >= 0.6 is 0 Å². The van der Waals surface area contributed by atoms with Crippen LogP contribution in [0.15, 0.2) is 41.6 Å². The Bertz CT molecular complexity index is 1110. The fourth-order valence-electron chi connectivity index (χ4n) is 4.40. The number of carbonyl (C=O) groups is 2. The van der Waals surface area contributed by atoms with E-state index in [0.717, 1.165) is 31.7 Å². The van der Waals surface area contributed by atoms with E-state index in [1.807, 2.05) is 0 Å². The SMILES string of the molecule is O=C(Cn1cc(NC(=O)C2CCN(S(=O)(=O)c3ccccc3F)CC2)cn1)NC1CCCC1. The Kier molecular flexibility index (Phi) is 7.08. The van der Waals surface area contributed by atoms with Crippen LogP contribution < -0.4 is 10.6 Å². The van der Waals surface area contributed by atoms with E-state index in [1.54, 1.807) is 6.20 Å². The van der Waals surface area contributed by atoms with Crippen molar-refractivity contribution in [2.75, 3.05) is 18.4 Å². The third kappa shape index (κ3) is 5.59. The van der Waals surface area contributed by atoms with Crippen molar-refractivity contribution in [1.82, 2.24) is 19.4 Å².